The lowest BCUT2D eigenvalue weighted by Gasteiger charge is -2.39. The third-order valence-electron chi connectivity index (χ3n) is 3.51. The van der Waals surface area contributed by atoms with Crippen molar-refractivity contribution in [1.29, 1.82) is 0 Å². The van der Waals surface area contributed by atoms with Crippen LogP contribution in [0.25, 0.3) is 0 Å². The van der Waals surface area contributed by atoms with Crippen molar-refractivity contribution in [2.24, 2.45) is 17.3 Å². The van der Waals surface area contributed by atoms with Crippen LogP contribution in [0.1, 0.15) is 40.0 Å². The van der Waals surface area contributed by atoms with Crippen LogP contribution < -0.4 is 0 Å². The Bertz CT molecular complexity index is 227. The quantitative estimate of drug-likeness (QED) is 0.724. The van der Waals surface area contributed by atoms with E-state index in [2.05, 4.69) is 13.8 Å². The summed E-state index contributed by atoms with van der Waals surface area (Å²) in [6, 6.07) is 0. The van der Waals surface area contributed by atoms with Crippen LogP contribution in [0.15, 0.2) is 0 Å². The molecule has 0 saturated heterocycles. The summed E-state index contributed by atoms with van der Waals surface area (Å²) in [5.41, 5.74) is -0.508. The van der Waals surface area contributed by atoms with Crippen LogP contribution in [0.5, 0.6) is 0 Å². The first-order valence-electron chi connectivity index (χ1n) is 5.25. The summed E-state index contributed by atoms with van der Waals surface area (Å²) in [6.45, 7) is 6.07. The van der Waals surface area contributed by atoms with Gasteiger partial charge in [-0.05, 0) is 42.7 Å². The van der Waals surface area contributed by atoms with Crippen molar-refractivity contribution >= 4 is 16.8 Å². The molecule has 0 aromatic rings. The van der Waals surface area contributed by atoms with Gasteiger partial charge in [0.15, 0.2) is 0 Å². The summed E-state index contributed by atoms with van der Waals surface area (Å²) >= 11 is 5.54. The highest BCUT2D eigenvalue weighted by molar-refractivity contribution is 6.64. The van der Waals surface area contributed by atoms with Gasteiger partial charge in [0.1, 0.15) is 0 Å². The highest BCUT2D eigenvalue weighted by Gasteiger charge is 2.41. The van der Waals surface area contributed by atoms with E-state index in [1.165, 1.54) is 0 Å². The van der Waals surface area contributed by atoms with E-state index in [1.807, 2.05) is 6.92 Å². The molecule has 1 fully saturated rings. The fourth-order valence-corrected chi connectivity index (χ4v) is 2.52. The Morgan fingerprint density at radius 2 is 2.14 bits per heavy atom. The van der Waals surface area contributed by atoms with Gasteiger partial charge in [-0.25, -0.2) is 0 Å². The van der Waals surface area contributed by atoms with Gasteiger partial charge in [0.2, 0.25) is 5.24 Å². The lowest BCUT2D eigenvalue weighted by molar-refractivity contribution is -0.125. The summed E-state index contributed by atoms with van der Waals surface area (Å²) in [5.74, 6) is 0.791. The zero-order valence-corrected chi connectivity index (χ0v) is 9.84. The van der Waals surface area contributed by atoms with Gasteiger partial charge in [-0.1, -0.05) is 20.8 Å². The highest BCUT2D eigenvalue weighted by Crippen LogP contribution is 2.42. The minimum absolute atomic E-state index is 0.307. The molecule has 0 unspecified atom stereocenters. The lowest BCUT2D eigenvalue weighted by atomic mass is 9.68. The van der Waals surface area contributed by atoms with E-state index in [4.69, 9.17) is 11.6 Å². The van der Waals surface area contributed by atoms with Crippen molar-refractivity contribution in [3.05, 3.63) is 0 Å². The number of halogens is 1. The van der Waals surface area contributed by atoms with Crippen molar-refractivity contribution in [2.75, 3.05) is 0 Å². The van der Waals surface area contributed by atoms with Crippen LogP contribution >= 0.6 is 11.6 Å². The Morgan fingerprint density at radius 3 is 2.50 bits per heavy atom. The van der Waals surface area contributed by atoms with Crippen LogP contribution in [0.2, 0.25) is 0 Å². The van der Waals surface area contributed by atoms with Gasteiger partial charge in [-0.3, -0.25) is 4.79 Å². The van der Waals surface area contributed by atoms with Gasteiger partial charge in [-0.2, -0.15) is 0 Å². The molecule has 0 aromatic carbocycles. The number of carbonyl (C=O) groups excluding carboxylic acids is 1. The molecule has 1 aliphatic carbocycles. The predicted octanol–water partition coefficient (Wildman–Crippen LogP) is 2.58. The van der Waals surface area contributed by atoms with Crippen molar-refractivity contribution in [1.82, 2.24) is 0 Å². The zero-order valence-electron chi connectivity index (χ0n) is 9.09. The van der Waals surface area contributed by atoms with Crippen LogP contribution in [0.4, 0.5) is 0 Å². The molecule has 14 heavy (non-hydrogen) atoms. The van der Waals surface area contributed by atoms with Gasteiger partial charge in [0.25, 0.3) is 0 Å². The third-order valence-corrected chi connectivity index (χ3v) is 3.97. The second-order valence-corrected chi connectivity index (χ2v) is 5.40. The van der Waals surface area contributed by atoms with E-state index in [0.717, 1.165) is 12.8 Å². The predicted molar refractivity (Wildman–Crippen MR) is 57.2 cm³/mol. The van der Waals surface area contributed by atoms with Gasteiger partial charge in [0.05, 0.1) is 6.10 Å². The maximum absolute atomic E-state index is 11.2. The smallest absolute Gasteiger partial charge is 0.227 e. The van der Waals surface area contributed by atoms with E-state index >= 15 is 0 Å². The van der Waals surface area contributed by atoms with E-state index < -0.39 is 5.41 Å². The molecule has 1 rings (SSSR count). The SMILES string of the molecule is CC(C)[C@@H]1CC[C@@](C)(C(=O)Cl)C[C@H]1O. The van der Waals surface area contributed by atoms with Crippen molar-refractivity contribution in [3.63, 3.8) is 0 Å². The Morgan fingerprint density at radius 1 is 1.57 bits per heavy atom. The maximum atomic E-state index is 11.2. The van der Waals surface area contributed by atoms with Gasteiger partial charge >= 0.3 is 0 Å². The number of carbonyl (C=O) groups is 1. The lowest BCUT2D eigenvalue weighted by Crippen LogP contribution is -2.40. The molecule has 0 radical (unpaired) electrons. The number of aliphatic hydroxyl groups is 1. The molecule has 0 spiro atoms. The van der Waals surface area contributed by atoms with Crippen molar-refractivity contribution in [2.45, 2.75) is 46.1 Å². The molecule has 1 aliphatic rings. The minimum Gasteiger partial charge on any atom is -0.393 e. The first-order valence-corrected chi connectivity index (χ1v) is 5.62. The zero-order chi connectivity index (χ0) is 10.9. The van der Waals surface area contributed by atoms with E-state index in [9.17, 15) is 9.90 Å². The Balaban J connectivity index is 2.68. The number of aliphatic hydroxyl groups excluding tert-OH is 1. The fourth-order valence-electron chi connectivity index (χ4n) is 2.35. The average Bonchev–Trinajstić information content (AvgIpc) is 2.02. The first-order chi connectivity index (χ1) is 6.37. The molecule has 1 N–H and O–H groups in total. The summed E-state index contributed by atoms with van der Waals surface area (Å²) < 4.78 is 0. The first kappa shape index (κ1) is 12.0. The van der Waals surface area contributed by atoms with Crippen LogP contribution in [-0.4, -0.2) is 16.5 Å². The topological polar surface area (TPSA) is 37.3 Å². The van der Waals surface area contributed by atoms with Crippen LogP contribution in [0, 0.1) is 17.3 Å². The Kier molecular flexibility index (Phi) is 3.59. The van der Waals surface area contributed by atoms with Gasteiger partial charge in [0, 0.05) is 5.41 Å². The van der Waals surface area contributed by atoms with E-state index in [1.54, 1.807) is 0 Å². The number of hydrogen-bond donors (Lipinski definition) is 1. The number of hydrogen-bond acceptors (Lipinski definition) is 2. The molecule has 3 heteroatoms. The minimum atomic E-state index is -0.508. The summed E-state index contributed by atoms with van der Waals surface area (Å²) in [4.78, 5) is 11.2. The second kappa shape index (κ2) is 4.19. The standard InChI is InChI=1S/C11H19ClO2/c1-7(2)8-4-5-11(3,10(12)14)6-9(8)13/h7-9,13H,4-6H2,1-3H3/t8-,9+,11+/m0/s1. The molecule has 0 aliphatic heterocycles. The average molecular weight is 219 g/mol. The van der Waals surface area contributed by atoms with Gasteiger partial charge in [-0.15, -0.1) is 0 Å². The Labute approximate surface area is 90.6 Å². The summed E-state index contributed by atoms with van der Waals surface area (Å²) in [5, 5.41) is 9.61. The van der Waals surface area contributed by atoms with Crippen LogP contribution in [0.3, 0.4) is 0 Å². The third kappa shape index (κ3) is 2.29. The van der Waals surface area contributed by atoms with E-state index in [-0.39, 0.29) is 11.3 Å². The molecule has 1 saturated carbocycles. The molecule has 0 amide bonds. The van der Waals surface area contributed by atoms with Crippen molar-refractivity contribution in [3.8, 4) is 0 Å². The molecular formula is C11H19ClO2. The Hall–Kier alpha value is -0.0800. The fraction of sp³-hybridized carbons (Fsp3) is 0.909. The molecular weight excluding hydrogens is 200 g/mol. The molecule has 0 bridgehead atoms. The van der Waals surface area contributed by atoms with Crippen LogP contribution in [-0.2, 0) is 4.79 Å². The second-order valence-electron chi connectivity index (χ2n) is 5.05. The summed E-state index contributed by atoms with van der Waals surface area (Å²) in [6.07, 6.45) is 1.83. The molecule has 0 aromatic heterocycles. The highest BCUT2D eigenvalue weighted by atomic mass is 35.5. The van der Waals surface area contributed by atoms with E-state index in [0.29, 0.717) is 18.3 Å². The maximum Gasteiger partial charge on any atom is 0.227 e. The van der Waals surface area contributed by atoms with Gasteiger partial charge < -0.3 is 5.11 Å². The molecule has 0 heterocycles. The molecule has 2 nitrogen and oxygen atoms in total. The van der Waals surface area contributed by atoms with Crippen molar-refractivity contribution < 1.29 is 9.90 Å². The monoisotopic (exact) mass is 218 g/mol. The summed E-state index contributed by atoms with van der Waals surface area (Å²) in [7, 11) is 0. The number of rotatable bonds is 2. The molecule has 82 valence electrons. The molecule has 3 atom stereocenters. The normalized spacial score (nSPS) is 38.7. The largest absolute Gasteiger partial charge is 0.393 e.